The van der Waals surface area contributed by atoms with Crippen molar-refractivity contribution in [3.05, 3.63) is 40.7 Å². The SMILES string of the molecule is COCCCNc1ccc(NC(=O)Cc2cccs2)cn1. The summed E-state index contributed by atoms with van der Waals surface area (Å²) < 4.78 is 4.98. The Labute approximate surface area is 128 Å². The van der Waals surface area contributed by atoms with Crippen LogP contribution in [0.2, 0.25) is 0 Å². The first kappa shape index (κ1) is 15.5. The molecule has 0 bridgehead atoms. The van der Waals surface area contributed by atoms with E-state index >= 15 is 0 Å². The first-order chi connectivity index (χ1) is 10.3. The van der Waals surface area contributed by atoms with E-state index in [2.05, 4.69) is 15.6 Å². The van der Waals surface area contributed by atoms with Gasteiger partial charge < -0.3 is 15.4 Å². The number of anilines is 2. The molecular weight excluding hydrogens is 286 g/mol. The zero-order valence-electron chi connectivity index (χ0n) is 12.0. The van der Waals surface area contributed by atoms with E-state index in [4.69, 9.17) is 4.74 Å². The molecular formula is C15H19N3O2S. The molecule has 0 fully saturated rings. The molecule has 0 saturated carbocycles. The molecule has 5 nitrogen and oxygen atoms in total. The molecule has 0 aliphatic rings. The van der Waals surface area contributed by atoms with Gasteiger partial charge in [-0.1, -0.05) is 6.07 Å². The Hall–Kier alpha value is -1.92. The van der Waals surface area contributed by atoms with E-state index in [1.54, 1.807) is 24.6 Å². The summed E-state index contributed by atoms with van der Waals surface area (Å²) in [6.45, 7) is 1.54. The zero-order chi connectivity index (χ0) is 14.9. The number of amides is 1. The maximum Gasteiger partial charge on any atom is 0.229 e. The molecule has 2 rings (SSSR count). The van der Waals surface area contributed by atoms with Crippen LogP contribution in [0.25, 0.3) is 0 Å². The van der Waals surface area contributed by atoms with Gasteiger partial charge in [0.05, 0.1) is 18.3 Å². The van der Waals surface area contributed by atoms with Gasteiger partial charge in [-0.2, -0.15) is 0 Å². The molecule has 0 radical (unpaired) electrons. The number of aromatic nitrogens is 1. The molecule has 0 aromatic carbocycles. The lowest BCUT2D eigenvalue weighted by Gasteiger charge is -2.07. The van der Waals surface area contributed by atoms with E-state index in [1.165, 1.54) is 0 Å². The van der Waals surface area contributed by atoms with Gasteiger partial charge >= 0.3 is 0 Å². The molecule has 6 heteroatoms. The number of hydrogen-bond acceptors (Lipinski definition) is 5. The second-order valence-electron chi connectivity index (χ2n) is 4.51. The summed E-state index contributed by atoms with van der Waals surface area (Å²) >= 11 is 1.58. The van der Waals surface area contributed by atoms with Crippen LogP contribution in [-0.4, -0.2) is 31.2 Å². The summed E-state index contributed by atoms with van der Waals surface area (Å²) in [5, 5.41) is 8.00. The lowest BCUT2D eigenvalue weighted by atomic mass is 10.3. The second kappa shape index (κ2) is 8.39. The third kappa shape index (κ3) is 5.53. The number of rotatable bonds is 8. The van der Waals surface area contributed by atoms with Crippen LogP contribution in [0.4, 0.5) is 11.5 Å². The molecule has 0 aliphatic heterocycles. The fourth-order valence-corrected chi connectivity index (χ4v) is 2.49. The molecule has 0 saturated heterocycles. The van der Waals surface area contributed by atoms with Gasteiger partial charge in [0, 0.05) is 25.1 Å². The molecule has 0 unspecified atom stereocenters. The van der Waals surface area contributed by atoms with Gasteiger partial charge in [-0.25, -0.2) is 4.98 Å². The third-order valence-electron chi connectivity index (χ3n) is 2.79. The van der Waals surface area contributed by atoms with Gasteiger partial charge in [0.1, 0.15) is 5.82 Å². The van der Waals surface area contributed by atoms with Crippen LogP contribution in [0.15, 0.2) is 35.8 Å². The Balaban J connectivity index is 1.77. The number of carbonyl (C=O) groups is 1. The Morgan fingerprint density at radius 2 is 2.29 bits per heavy atom. The maximum atomic E-state index is 11.8. The number of pyridine rings is 1. The number of nitrogens with one attached hydrogen (secondary N) is 2. The minimum Gasteiger partial charge on any atom is -0.385 e. The summed E-state index contributed by atoms with van der Waals surface area (Å²) in [7, 11) is 1.69. The minimum atomic E-state index is -0.0277. The van der Waals surface area contributed by atoms with Crippen LogP contribution >= 0.6 is 11.3 Å². The van der Waals surface area contributed by atoms with Crippen molar-refractivity contribution in [1.82, 2.24) is 4.98 Å². The molecule has 112 valence electrons. The number of methoxy groups -OCH3 is 1. The molecule has 0 atom stereocenters. The van der Waals surface area contributed by atoms with Gasteiger partial charge in [-0.15, -0.1) is 11.3 Å². The van der Waals surface area contributed by atoms with Crippen molar-refractivity contribution in [2.75, 3.05) is 30.9 Å². The third-order valence-corrected chi connectivity index (χ3v) is 3.67. The monoisotopic (exact) mass is 305 g/mol. The maximum absolute atomic E-state index is 11.8. The highest BCUT2D eigenvalue weighted by Gasteiger charge is 2.05. The van der Waals surface area contributed by atoms with Crippen molar-refractivity contribution in [2.24, 2.45) is 0 Å². The summed E-state index contributed by atoms with van der Waals surface area (Å²) in [4.78, 5) is 17.2. The highest BCUT2D eigenvalue weighted by atomic mass is 32.1. The highest BCUT2D eigenvalue weighted by molar-refractivity contribution is 7.10. The van der Waals surface area contributed by atoms with Gasteiger partial charge in [0.2, 0.25) is 5.91 Å². The molecule has 2 aromatic heterocycles. The van der Waals surface area contributed by atoms with Gasteiger partial charge in [-0.05, 0) is 30.0 Å². The summed E-state index contributed by atoms with van der Waals surface area (Å²) in [5.74, 6) is 0.766. The number of nitrogens with zero attached hydrogens (tertiary/aromatic N) is 1. The van der Waals surface area contributed by atoms with Gasteiger partial charge in [0.25, 0.3) is 0 Å². The van der Waals surface area contributed by atoms with E-state index in [0.29, 0.717) is 12.1 Å². The largest absolute Gasteiger partial charge is 0.385 e. The average molecular weight is 305 g/mol. The van der Waals surface area contributed by atoms with Crippen molar-refractivity contribution < 1.29 is 9.53 Å². The van der Waals surface area contributed by atoms with Crippen LogP contribution in [0.5, 0.6) is 0 Å². The average Bonchev–Trinajstić information content (AvgIpc) is 2.98. The van der Waals surface area contributed by atoms with Crippen LogP contribution in [-0.2, 0) is 16.0 Å². The molecule has 0 aliphatic carbocycles. The summed E-state index contributed by atoms with van der Waals surface area (Å²) in [6, 6.07) is 7.60. The molecule has 21 heavy (non-hydrogen) atoms. The van der Waals surface area contributed by atoms with E-state index in [1.807, 2.05) is 29.6 Å². The smallest absolute Gasteiger partial charge is 0.229 e. The Morgan fingerprint density at radius 3 is 2.95 bits per heavy atom. The van der Waals surface area contributed by atoms with Crippen LogP contribution in [0.3, 0.4) is 0 Å². The van der Waals surface area contributed by atoms with E-state index in [9.17, 15) is 4.79 Å². The molecule has 2 aromatic rings. The summed E-state index contributed by atoms with van der Waals surface area (Å²) in [5.41, 5.74) is 0.707. The fourth-order valence-electron chi connectivity index (χ4n) is 1.78. The van der Waals surface area contributed by atoms with Crippen molar-refractivity contribution in [3.63, 3.8) is 0 Å². The molecule has 1 amide bonds. The van der Waals surface area contributed by atoms with E-state index in [0.717, 1.165) is 30.3 Å². The van der Waals surface area contributed by atoms with E-state index < -0.39 is 0 Å². The fraction of sp³-hybridized carbons (Fsp3) is 0.333. The van der Waals surface area contributed by atoms with E-state index in [-0.39, 0.29) is 5.91 Å². The number of thiophene rings is 1. The predicted molar refractivity (Wildman–Crippen MR) is 85.9 cm³/mol. The first-order valence-corrected chi connectivity index (χ1v) is 7.67. The summed E-state index contributed by atoms with van der Waals surface area (Å²) in [6.07, 6.45) is 2.98. The normalized spacial score (nSPS) is 10.3. The Bertz CT molecular complexity index is 541. The van der Waals surface area contributed by atoms with Crippen LogP contribution in [0.1, 0.15) is 11.3 Å². The van der Waals surface area contributed by atoms with Crippen molar-refractivity contribution in [2.45, 2.75) is 12.8 Å². The molecule has 2 N–H and O–H groups in total. The number of hydrogen-bond donors (Lipinski definition) is 2. The predicted octanol–water partition coefficient (Wildman–Crippen LogP) is 2.77. The zero-order valence-corrected chi connectivity index (χ0v) is 12.8. The highest BCUT2D eigenvalue weighted by Crippen LogP contribution is 2.12. The van der Waals surface area contributed by atoms with Gasteiger partial charge in [-0.3, -0.25) is 4.79 Å². The lowest BCUT2D eigenvalue weighted by Crippen LogP contribution is -2.14. The number of ether oxygens (including phenoxy) is 1. The van der Waals surface area contributed by atoms with Crippen LogP contribution < -0.4 is 10.6 Å². The second-order valence-corrected chi connectivity index (χ2v) is 5.54. The van der Waals surface area contributed by atoms with Crippen molar-refractivity contribution in [1.29, 1.82) is 0 Å². The quantitative estimate of drug-likeness (QED) is 0.736. The Morgan fingerprint density at radius 1 is 1.38 bits per heavy atom. The topological polar surface area (TPSA) is 63.2 Å². The van der Waals surface area contributed by atoms with Gasteiger partial charge in [0.15, 0.2) is 0 Å². The lowest BCUT2D eigenvalue weighted by molar-refractivity contribution is -0.115. The van der Waals surface area contributed by atoms with Crippen molar-refractivity contribution >= 4 is 28.7 Å². The first-order valence-electron chi connectivity index (χ1n) is 6.79. The van der Waals surface area contributed by atoms with Crippen molar-refractivity contribution in [3.8, 4) is 0 Å². The molecule has 0 spiro atoms. The Kier molecular flexibility index (Phi) is 6.18. The molecule has 2 heterocycles. The minimum absolute atomic E-state index is 0.0277. The number of carbonyl (C=O) groups excluding carboxylic acids is 1. The van der Waals surface area contributed by atoms with Crippen LogP contribution in [0, 0.1) is 0 Å². The standard InChI is InChI=1S/C15H19N3O2S/c1-20-8-3-7-16-14-6-5-12(11-17-14)18-15(19)10-13-4-2-9-21-13/h2,4-6,9,11H,3,7-8,10H2,1H3,(H,16,17)(H,18,19).